The molecule has 1 fully saturated rings. The largest absolute Gasteiger partial charge is 0.361 e. The molecule has 3 nitrogen and oxygen atoms in total. The van der Waals surface area contributed by atoms with Crippen molar-refractivity contribution in [2.24, 2.45) is 5.92 Å². The molecular formula is C12H15N3S. The molecule has 0 amide bonds. The molecule has 1 atom stereocenters. The normalized spacial score (nSPS) is 20.4. The molecule has 1 aliphatic heterocycles. The lowest BCUT2D eigenvalue weighted by atomic mass is 10.1. The maximum atomic E-state index is 4.56. The highest BCUT2D eigenvalue weighted by molar-refractivity contribution is 7.22. The first-order chi connectivity index (χ1) is 7.92. The number of fused-ring (bicyclic) bond motifs is 1. The SMILES string of the molecule is c1ccc2sc(NCC3CCNC3)nc2c1. The molecule has 2 aromatic rings. The second-order valence-electron chi connectivity index (χ2n) is 4.23. The monoisotopic (exact) mass is 233 g/mol. The van der Waals surface area contributed by atoms with Gasteiger partial charge in [-0.2, -0.15) is 0 Å². The van der Waals surface area contributed by atoms with Gasteiger partial charge < -0.3 is 10.6 Å². The third kappa shape index (κ3) is 2.03. The molecule has 1 aliphatic rings. The Balaban J connectivity index is 1.69. The predicted molar refractivity (Wildman–Crippen MR) is 69.1 cm³/mol. The van der Waals surface area contributed by atoms with Gasteiger partial charge in [0.25, 0.3) is 0 Å². The van der Waals surface area contributed by atoms with Gasteiger partial charge in [0.05, 0.1) is 10.2 Å². The number of thiazole rings is 1. The van der Waals surface area contributed by atoms with E-state index < -0.39 is 0 Å². The van der Waals surface area contributed by atoms with Gasteiger partial charge in [-0.3, -0.25) is 0 Å². The Hall–Kier alpha value is -1.13. The summed E-state index contributed by atoms with van der Waals surface area (Å²) in [4.78, 5) is 4.56. The van der Waals surface area contributed by atoms with Crippen LogP contribution in [0.2, 0.25) is 0 Å². The van der Waals surface area contributed by atoms with Gasteiger partial charge in [0.15, 0.2) is 5.13 Å². The Bertz CT molecular complexity index is 441. The highest BCUT2D eigenvalue weighted by atomic mass is 32.1. The van der Waals surface area contributed by atoms with E-state index in [0.717, 1.165) is 36.2 Å². The number of rotatable bonds is 3. The Kier molecular flexibility index (Phi) is 2.76. The number of hydrogen-bond acceptors (Lipinski definition) is 4. The molecule has 0 saturated carbocycles. The topological polar surface area (TPSA) is 37.0 Å². The molecule has 0 radical (unpaired) electrons. The quantitative estimate of drug-likeness (QED) is 0.854. The minimum Gasteiger partial charge on any atom is -0.361 e. The van der Waals surface area contributed by atoms with Crippen LogP contribution >= 0.6 is 11.3 Å². The summed E-state index contributed by atoms with van der Waals surface area (Å²) in [6.07, 6.45) is 1.28. The first-order valence-electron chi connectivity index (χ1n) is 5.72. The third-order valence-electron chi connectivity index (χ3n) is 3.00. The van der Waals surface area contributed by atoms with Crippen molar-refractivity contribution in [1.29, 1.82) is 0 Å². The van der Waals surface area contributed by atoms with Gasteiger partial charge in [-0.1, -0.05) is 23.5 Å². The molecule has 2 N–H and O–H groups in total. The van der Waals surface area contributed by atoms with Crippen LogP contribution in [0.3, 0.4) is 0 Å². The van der Waals surface area contributed by atoms with E-state index in [9.17, 15) is 0 Å². The zero-order chi connectivity index (χ0) is 10.8. The maximum absolute atomic E-state index is 4.56. The summed E-state index contributed by atoms with van der Waals surface area (Å²) in [5.74, 6) is 0.756. The number of hydrogen-bond donors (Lipinski definition) is 2. The minimum absolute atomic E-state index is 0.756. The third-order valence-corrected chi connectivity index (χ3v) is 3.99. The first kappa shape index (κ1) is 10.1. The highest BCUT2D eigenvalue weighted by Gasteiger charge is 2.14. The molecule has 1 unspecified atom stereocenters. The predicted octanol–water partition coefficient (Wildman–Crippen LogP) is 2.32. The molecule has 16 heavy (non-hydrogen) atoms. The summed E-state index contributed by atoms with van der Waals surface area (Å²) in [6, 6.07) is 8.28. The number of nitrogens with one attached hydrogen (secondary N) is 2. The summed E-state index contributed by atoms with van der Waals surface area (Å²) < 4.78 is 1.26. The number of aromatic nitrogens is 1. The van der Waals surface area contributed by atoms with Gasteiger partial charge in [0.1, 0.15) is 0 Å². The molecule has 3 rings (SSSR count). The van der Waals surface area contributed by atoms with E-state index in [1.165, 1.54) is 11.1 Å². The molecule has 1 aromatic carbocycles. The summed E-state index contributed by atoms with van der Waals surface area (Å²) in [7, 11) is 0. The summed E-state index contributed by atoms with van der Waals surface area (Å²) >= 11 is 1.74. The van der Waals surface area contributed by atoms with Crippen LogP contribution in [0.25, 0.3) is 10.2 Å². The molecular weight excluding hydrogens is 218 g/mol. The fourth-order valence-electron chi connectivity index (χ4n) is 2.07. The van der Waals surface area contributed by atoms with Crippen LogP contribution < -0.4 is 10.6 Å². The van der Waals surface area contributed by atoms with Gasteiger partial charge in [-0.05, 0) is 37.6 Å². The zero-order valence-corrected chi connectivity index (χ0v) is 9.89. The number of benzene rings is 1. The van der Waals surface area contributed by atoms with Crippen LogP contribution in [0.1, 0.15) is 6.42 Å². The molecule has 0 aliphatic carbocycles. The van der Waals surface area contributed by atoms with Crippen molar-refractivity contribution in [2.45, 2.75) is 6.42 Å². The second-order valence-corrected chi connectivity index (χ2v) is 5.26. The van der Waals surface area contributed by atoms with Gasteiger partial charge in [0, 0.05) is 6.54 Å². The molecule has 1 aromatic heterocycles. The van der Waals surface area contributed by atoms with Crippen molar-refractivity contribution in [3.05, 3.63) is 24.3 Å². The van der Waals surface area contributed by atoms with Crippen molar-refractivity contribution in [2.75, 3.05) is 25.0 Å². The standard InChI is InChI=1S/C12H15N3S/c1-2-4-11-10(3-1)15-12(16-11)14-8-9-5-6-13-7-9/h1-4,9,13H,5-8H2,(H,14,15). The lowest BCUT2D eigenvalue weighted by Gasteiger charge is -2.07. The average molecular weight is 233 g/mol. The molecule has 2 heterocycles. The number of nitrogens with zero attached hydrogens (tertiary/aromatic N) is 1. The first-order valence-corrected chi connectivity index (χ1v) is 6.53. The van der Waals surface area contributed by atoms with Gasteiger partial charge >= 0.3 is 0 Å². The Morgan fingerprint density at radius 1 is 1.44 bits per heavy atom. The van der Waals surface area contributed by atoms with Gasteiger partial charge in [-0.25, -0.2) is 4.98 Å². The fourth-order valence-corrected chi connectivity index (χ4v) is 2.94. The maximum Gasteiger partial charge on any atom is 0.183 e. The van der Waals surface area contributed by atoms with Crippen LogP contribution in [0.4, 0.5) is 5.13 Å². The van der Waals surface area contributed by atoms with Gasteiger partial charge in [-0.15, -0.1) is 0 Å². The van der Waals surface area contributed by atoms with Gasteiger partial charge in [0.2, 0.25) is 0 Å². The second kappa shape index (κ2) is 4.39. The van der Waals surface area contributed by atoms with Crippen LogP contribution in [0.15, 0.2) is 24.3 Å². The smallest absolute Gasteiger partial charge is 0.183 e. The van der Waals surface area contributed by atoms with Crippen LogP contribution in [0, 0.1) is 5.92 Å². The summed E-state index contributed by atoms with van der Waals surface area (Å²) in [6.45, 7) is 3.33. The van der Waals surface area contributed by atoms with Crippen molar-refractivity contribution >= 4 is 26.7 Å². The van der Waals surface area contributed by atoms with E-state index in [4.69, 9.17) is 0 Å². The van der Waals surface area contributed by atoms with Crippen molar-refractivity contribution in [3.63, 3.8) is 0 Å². The van der Waals surface area contributed by atoms with Crippen molar-refractivity contribution < 1.29 is 0 Å². The van der Waals surface area contributed by atoms with E-state index in [1.807, 2.05) is 6.07 Å². The highest BCUT2D eigenvalue weighted by Crippen LogP contribution is 2.25. The number of para-hydroxylation sites is 1. The lowest BCUT2D eigenvalue weighted by Crippen LogP contribution is -2.16. The summed E-state index contributed by atoms with van der Waals surface area (Å²) in [5, 5.41) is 7.87. The van der Waals surface area contributed by atoms with E-state index in [0.29, 0.717) is 0 Å². The number of anilines is 1. The van der Waals surface area contributed by atoms with Crippen molar-refractivity contribution in [1.82, 2.24) is 10.3 Å². The van der Waals surface area contributed by atoms with Crippen LogP contribution in [0.5, 0.6) is 0 Å². The summed E-state index contributed by atoms with van der Waals surface area (Å²) in [5.41, 5.74) is 1.10. The van der Waals surface area contributed by atoms with Crippen LogP contribution in [-0.4, -0.2) is 24.6 Å². The van der Waals surface area contributed by atoms with Crippen molar-refractivity contribution in [3.8, 4) is 0 Å². The zero-order valence-electron chi connectivity index (χ0n) is 9.07. The Labute approximate surface area is 98.9 Å². The van der Waals surface area contributed by atoms with Crippen LogP contribution in [-0.2, 0) is 0 Å². The molecule has 84 valence electrons. The van der Waals surface area contributed by atoms with E-state index in [2.05, 4.69) is 33.8 Å². The molecule has 1 saturated heterocycles. The fraction of sp³-hybridized carbons (Fsp3) is 0.417. The van der Waals surface area contributed by atoms with E-state index >= 15 is 0 Å². The molecule has 0 spiro atoms. The lowest BCUT2D eigenvalue weighted by molar-refractivity contribution is 0.615. The van der Waals surface area contributed by atoms with E-state index in [-0.39, 0.29) is 0 Å². The van der Waals surface area contributed by atoms with E-state index in [1.54, 1.807) is 11.3 Å². The Morgan fingerprint density at radius 2 is 2.38 bits per heavy atom. The molecule has 0 bridgehead atoms. The molecule has 4 heteroatoms. The Morgan fingerprint density at radius 3 is 3.19 bits per heavy atom. The minimum atomic E-state index is 0.756. The average Bonchev–Trinajstić information content (AvgIpc) is 2.95.